The molecule has 0 aromatic heterocycles. The van der Waals surface area contributed by atoms with Gasteiger partial charge in [0.05, 0.1) is 18.8 Å². The van der Waals surface area contributed by atoms with Crippen LogP contribution in [0.25, 0.3) is 0 Å². The largest absolute Gasteiger partial charge is 0.395 e. The van der Waals surface area contributed by atoms with Crippen molar-refractivity contribution in [2.75, 3.05) is 13.2 Å². The zero-order chi connectivity index (χ0) is 18.6. The van der Waals surface area contributed by atoms with Gasteiger partial charge in [0.15, 0.2) is 0 Å². The van der Waals surface area contributed by atoms with Gasteiger partial charge in [0.2, 0.25) is 0 Å². The van der Waals surface area contributed by atoms with Gasteiger partial charge in [-0.3, -0.25) is 0 Å². The molecule has 0 amide bonds. The van der Waals surface area contributed by atoms with Crippen molar-refractivity contribution in [1.82, 2.24) is 5.32 Å². The van der Waals surface area contributed by atoms with Crippen LogP contribution >= 0.6 is 0 Å². The molecule has 0 bridgehead atoms. The third kappa shape index (κ3) is 16.8. The van der Waals surface area contributed by atoms with Crippen LogP contribution in [0.2, 0.25) is 0 Å². The maximum absolute atomic E-state index is 10.1. The smallest absolute Gasteiger partial charge is 0.0896 e. The van der Waals surface area contributed by atoms with Crippen LogP contribution in [0.1, 0.15) is 104 Å². The molecule has 3 nitrogen and oxygen atoms in total. The summed E-state index contributed by atoms with van der Waals surface area (Å²) in [5, 5.41) is 22.6. The fourth-order valence-corrected chi connectivity index (χ4v) is 3.05. The summed E-state index contributed by atoms with van der Waals surface area (Å²) in [6.45, 7) is 5.24. The van der Waals surface area contributed by atoms with E-state index in [0.29, 0.717) is 0 Å². The standard InChI is InChI=1S/C22H45NO2/c1-3-5-7-8-9-10-11-12-13-14-15-16-17-18-22(25)21(20-24)23-19-6-4-2/h17-18,21-25H,3-16,19-20H2,1-2H3/b18-17+/t21-,22+/m0/s1. The predicted octanol–water partition coefficient (Wildman–Crippen LogP) is 5.36. The Balaban J connectivity index is 3.46. The Bertz CT molecular complexity index is 281. The van der Waals surface area contributed by atoms with Gasteiger partial charge in [0.1, 0.15) is 0 Å². The molecule has 0 rings (SSSR count). The van der Waals surface area contributed by atoms with Crippen LogP contribution in [0.15, 0.2) is 12.2 Å². The summed E-state index contributed by atoms with van der Waals surface area (Å²) in [6.07, 6.45) is 21.5. The Kier molecular flexibility index (Phi) is 19.6. The summed E-state index contributed by atoms with van der Waals surface area (Å²) in [6, 6.07) is -0.236. The number of hydrogen-bond donors (Lipinski definition) is 3. The maximum atomic E-state index is 10.1. The molecule has 0 aromatic carbocycles. The van der Waals surface area contributed by atoms with E-state index in [2.05, 4.69) is 25.2 Å². The highest BCUT2D eigenvalue weighted by molar-refractivity contribution is 4.94. The first-order chi connectivity index (χ1) is 12.3. The van der Waals surface area contributed by atoms with Gasteiger partial charge in [0, 0.05) is 0 Å². The van der Waals surface area contributed by atoms with Gasteiger partial charge in [-0.15, -0.1) is 0 Å². The zero-order valence-corrected chi connectivity index (χ0v) is 17.0. The molecule has 0 heterocycles. The first kappa shape index (κ1) is 24.6. The third-order valence-electron chi connectivity index (χ3n) is 4.85. The van der Waals surface area contributed by atoms with E-state index >= 15 is 0 Å². The van der Waals surface area contributed by atoms with Crippen molar-refractivity contribution in [3.05, 3.63) is 12.2 Å². The van der Waals surface area contributed by atoms with Crippen LogP contribution in [0.5, 0.6) is 0 Å². The average Bonchev–Trinajstić information content (AvgIpc) is 2.62. The van der Waals surface area contributed by atoms with Gasteiger partial charge in [-0.05, 0) is 25.8 Å². The number of allylic oxidation sites excluding steroid dienone is 1. The van der Waals surface area contributed by atoms with Crippen LogP contribution in [-0.2, 0) is 0 Å². The Morgan fingerprint density at radius 2 is 1.28 bits per heavy atom. The van der Waals surface area contributed by atoms with Gasteiger partial charge < -0.3 is 15.5 Å². The molecule has 0 aliphatic carbocycles. The lowest BCUT2D eigenvalue weighted by molar-refractivity contribution is 0.123. The van der Waals surface area contributed by atoms with Crippen molar-refractivity contribution >= 4 is 0 Å². The van der Waals surface area contributed by atoms with Gasteiger partial charge >= 0.3 is 0 Å². The Morgan fingerprint density at radius 3 is 1.80 bits per heavy atom. The summed E-state index contributed by atoms with van der Waals surface area (Å²) in [7, 11) is 0. The minimum Gasteiger partial charge on any atom is -0.395 e. The minimum atomic E-state index is -0.588. The molecule has 0 aliphatic rings. The molecule has 2 atom stereocenters. The average molecular weight is 356 g/mol. The van der Waals surface area contributed by atoms with Crippen molar-refractivity contribution in [3.63, 3.8) is 0 Å². The summed E-state index contributed by atoms with van der Waals surface area (Å²) >= 11 is 0. The molecule has 25 heavy (non-hydrogen) atoms. The van der Waals surface area contributed by atoms with Crippen LogP contribution < -0.4 is 5.32 Å². The molecule has 0 aliphatic heterocycles. The van der Waals surface area contributed by atoms with Crippen LogP contribution in [0.4, 0.5) is 0 Å². The van der Waals surface area contributed by atoms with Gasteiger partial charge in [-0.25, -0.2) is 0 Å². The topological polar surface area (TPSA) is 52.5 Å². The van der Waals surface area contributed by atoms with Gasteiger partial charge in [0.25, 0.3) is 0 Å². The summed E-state index contributed by atoms with van der Waals surface area (Å²) in [5.41, 5.74) is 0. The summed E-state index contributed by atoms with van der Waals surface area (Å²) in [4.78, 5) is 0. The number of aliphatic hydroxyl groups is 2. The fourth-order valence-electron chi connectivity index (χ4n) is 3.05. The predicted molar refractivity (Wildman–Crippen MR) is 110 cm³/mol. The normalized spacial score (nSPS) is 14.2. The highest BCUT2D eigenvalue weighted by Crippen LogP contribution is 2.12. The molecule has 3 heteroatoms. The van der Waals surface area contributed by atoms with E-state index in [0.717, 1.165) is 25.8 Å². The number of unbranched alkanes of at least 4 members (excludes halogenated alkanes) is 12. The molecule has 3 N–H and O–H groups in total. The molecular weight excluding hydrogens is 310 g/mol. The van der Waals surface area contributed by atoms with Gasteiger partial charge in [-0.1, -0.05) is 96.6 Å². The number of aliphatic hydroxyl groups excluding tert-OH is 2. The van der Waals surface area contributed by atoms with E-state index in [1.54, 1.807) is 0 Å². The van der Waals surface area contributed by atoms with Crippen molar-refractivity contribution in [1.29, 1.82) is 0 Å². The monoisotopic (exact) mass is 355 g/mol. The third-order valence-corrected chi connectivity index (χ3v) is 4.85. The minimum absolute atomic E-state index is 0.0202. The highest BCUT2D eigenvalue weighted by Gasteiger charge is 2.14. The maximum Gasteiger partial charge on any atom is 0.0896 e. The second-order valence-electron chi connectivity index (χ2n) is 7.34. The van der Waals surface area contributed by atoms with E-state index in [4.69, 9.17) is 0 Å². The second kappa shape index (κ2) is 19.9. The first-order valence-electron chi connectivity index (χ1n) is 10.9. The van der Waals surface area contributed by atoms with Gasteiger partial charge in [-0.2, -0.15) is 0 Å². The zero-order valence-electron chi connectivity index (χ0n) is 17.0. The van der Waals surface area contributed by atoms with E-state index in [1.165, 1.54) is 70.6 Å². The van der Waals surface area contributed by atoms with Crippen molar-refractivity contribution in [2.45, 2.75) is 116 Å². The summed E-state index contributed by atoms with van der Waals surface area (Å²) < 4.78 is 0. The number of hydrogen-bond acceptors (Lipinski definition) is 3. The molecule has 0 aromatic rings. The van der Waals surface area contributed by atoms with Crippen molar-refractivity contribution in [2.24, 2.45) is 0 Å². The molecule has 0 unspecified atom stereocenters. The lowest BCUT2D eigenvalue weighted by atomic mass is 10.0. The Hall–Kier alpha value is -0.380. The van der Waals surface area contributed by atoms with Crippen LogP contribution in [0, 0.1) is 0 Å². The van der Waals surface area contributed by atoms with E-state index in [-0.39, 0.29) is 12.6 Å². The number of nitrogens with one attached hydrogen (secondary N) is 1. The molecule has 0 radical (unpaired) electrons. The SMILES string of the molecule is CCCCCCCCCCCCC/C=C/[C@@H](O)[C@H](CO)NCCCC. The lowest BCUT2D eigenvalue weighted by Gasteiger charge is -2.19. The van der Waals surface area contributed by atoms with Crippen LogP contribution in [-0.4, -0.2) is 35.5 Å². The van der Waals surface area contributed by atoms with Crippen molar-refractivity contribution < 1.29 is 10.2 Å². The Labute approximate surface area is 157 Å². The number of rotatable bonds is 19. The van der Waals surface area contributed by atoms with Crippen LogP contribution in [0.3, 0.4) is 0 Å². The second-order valence-corrected chi connectivity index (χ2v) is 7.34. The van der Waals surface area contributed by atoms with Crippen molar-refractivity contribution in [3.8, 4) is 0 Å². The van der Waals surface area contributed by atoms with E-state index in [1.807, 2.05) is 6.08 Å². The Morgan fingerprint density at radius 1 is 0.760 bits per heavy atom. The molecule has 0 fully saturated rings. The quantitative estimate of drug-likeness (QED) is 0.216. The molecule has 150 valence electrons. The first-order valence-corrected chi connectivity index (χ1v) is 10.9. The molecule has 0 spiro atoms. The highest BCUT2D eigenvalue weighted by atomic mass is 16.3. The fraction of sp³-hybridized carbons (Fsp3) is 0.909. The van der Waals surface area contributed by atoms with E-state index < -0.39 is 6.10 Å². The van der Waals surface area contributed by atoms with E-state index in [9.17, 15) is 10.2 Å². The molecule has 0 saturated carbocycles. The summed E-state index contributed by atoms with van der Waals surface area (Å²) in [5.74, 6) is 0. The molecular formula is C22H45NO2. The molecule has 0 saturated heterocycles. The lowest BCUT2D eigenvalue weighted by Crippen LogP contribution is -2.42.